The Morgan fingerprint density at radius 1 is 1.03 bits per heavy atom. The Labute approximate surface area is 178 Å². The van der Waals surface area contributed by atoms with Gasteiger partial charge in [0.05, 0.1) is 7.11 Å². The standard InChI is InChI=1S/C22H27N3O4S/c1-23(2)30(27,28)21-17-18(9-11-20(21)29-3)10-12-22(26)25-15-13-24(14-16-25)19-7-5-4-6-8-19/h4-12,17H,13-16H2,1-3H3/b12-10+. The van der Waals surface area contributed by atoms with Gasteiger partial charge in [0.1, 0.15) is 10.6 Å². The van der Waals surface area contributed by atoms with Gasteiger partial charge in [-0.15, -0.1) is 0 Å². The summed E-state index contributed by atoms with van der Waals surface area (Å²) in [6.07, 6.45) is 3.13. The highest BCUT2D eigenvalue weighted by Gasteiger charge is 2.23. The van der Waals surface area contributed by atoms with E-state index in [-0.39, 0.29) is 16.6 Å². The minimum Gasteiger partial charge on any atom is -0.495 e. The molecule has 0 atom stereocenters. The summed E-state index contributed by atoms with van der Waals surface area (Å²) in [4.78, 5) is 16.7. The van der Waals surface area contributed by atoms with Crippen LogP contribution in [-0.4, -0.2) is 70.9 Å². The molecule has 2 aromatic rings. The van der Waals surface area contributed by atoms with E-state index >= 15 is 0 Å². The molecule has 0 N–H and O–H groups in total. The molecule has 1 aliphatic heterocycles. The average molecular weight is 430 g/mol. The fourth-order valence-electron chi connectivity index (χ4n) is 3.29. The summed E-state index contributed by atoms with van der Waals surface area (Å²) in [7, 11) is 0.705. The van der Waals surface area contributed by atoms with Crippen LogP contribution in [0.25, 0.3) is 6.08 Å². The van der Waals surface area contributed by atoms with E-state index in [2.05, 4.69) is 17.0 Å². The highest BCUT2D eigenvalue weighted by atomic mass is 32.2. The van der Waals surface area contributed by atoms with E-state index in [0.29, 0.717) is 18.7 Å². The predicted molar refractivity (Wildman–Crippen MR) is 118 cm³/mol. The maximum Gasteiger partial charge on any atom is 0.246 e. The lowest BCUT2D eigenvalue weighted by Gasteiger charge is -2.35. The molecule has 1 aliphatic rings. The van der Waals surface area contributed by atoms with Gasteiger partial charge in [0, 0.05) is 52.0 Å². The molecule has 0 radical (unpaired) electrons. The Morgan fingerprint density at radius 3 is 2.30 bits per heavy atom. The van der Waals surface area contributed by atoms with E-state index in [4.69, 9.17) is 4.74 Å². The Kier molecular flexibility index (Phi) is 6.79. The molecule has 2 aromatic carbocycles. The van der Waals surface area contributed by atoms with Crippen molar-refractivity contribution in [3.8, 4) is 5.75 Å². The molecular weight excluding hydrogens is 402 g/mol. The topological polar surface area (TPSA) is 70.2 Å². The smallest absolute Gasteiger partial charge is 0.246 e. The summed E-state index contributed by atoms with van der Waals surface area (Å²) < 4.78 is 31.4. The molecule has 3 rings (SSSR count). The number of sulfonamides is 1. The van der Waals surface area contributed by atoms with Gasteiger partial charge in [-0.25, -0.2) is 12.7 Å². The number of hydrogen-bond donors (Lipinski definition) is 0. The summed E-state index contributed by atoms with van der Waals surface area (Å²) in [6.45, 7) is 2.83. The molecule has 1 amide bonds. The van der Waals surface area contributed by atoms with Gasteiger partial charge in [0.2, 0.25) is 15.9 Å². The lowest BCUT2D eigenvalue weighted by atomic mass is 10.2. The van der Waals surface area contributed by atoms with Crippen molar-refractivity contribution in [2.24, 2.45) is 0 Å². The van der Waals surface area contributed by atoms with E-state index in [0.717, 1.165) is 23.1 Å². The Morgan fingerprint density at radius 2 is 1.70 bits per heavy atom. The van der Waals surface area contributed by atoms with Gasteiger partial charge in [0.15, 0.2) is 0 Å². The third-order valence-electron chi connectivity index (χ3n) is 5.08. The number of ether oxygens (including phenoxy) is 1. The second-order valence-electron chi connectivity index (χ2n) is 7.18. The molecule has 8 heteroatoms. The molecule has 1 heterocycles. The van der Waals surface area contributed by atoms with Crippen LogP contribution in [0.2, 0.25) is 0 Å². The van der Waals surface area contributed by atoms with Gasteiger partial charge in [-0.2, -0.15) is 0 Å². The number of piperazine rings is 1. The third kappa shape index (κ3) is 4.83. The van der Waals surface area contributed by atoms with Crippen LogP contribution in [0, 0.1) is 0 Å². The zero-order chi connectivity index (χ0) is 21.7. The van der Waals surface area contributed by atoms with Crippen molar-refractivity contribution >= 4 is 27.7 Å². The highest BCUT2D eigenvalue weighted by molar-refractivity contribution is 7.89. The van der Waals surface area contributed by atoms with Crippen LogP contribution in [0.5, 0.6) is 5.75 Å². The first-order chi connectivity index (χ1) is 14.3. The first-order valence-corrected chi connectivity index (χ1v) is 11.1. The molecule has 0 saturated carbocycles. The quantitative estimate of drug-likeness (QED) is 0.659. The van der Waals surface area contributed by atoms with Gasteiger partial charge in [-0.3, -0.25) is 4.79 Å². The Hall–Kier alpha value is -2.84. The number of amides is 1. The summed E-state index contributed by atoms with van der Waals surface area (Å²) in [6, 6.07) is 15.0. The average Bonchev–Trinajstić information content (AvgIpc) is 2.77. The maximum absolute atomic E-state index is 12.6. The van der Waals surface area contributed by atoms with Crippen molar-refractivity contribution < 1.29 is 17.9 Å². The number of carbonyl (C=O) groups is 1. The van der Waals surface area contributed by atoms with Gasteiger partial charge >= 0.3 is 0 Å². The number of rotatable bonds is 6. The fraction of sp³-hybridized carbons (Fsp3) is 0.318. The zero-order valence-electron chi connectivity index (χ0n) is 17.5. The van der Waals surface area contributed by atoms with Crippen LogP contribution in [-0.2, 0) is 14.8 Å². The van der Waals surface area contributed by atoms with Crippen molar-refractivity contribution in [1.82, 2.24) is 9.21 Å². The van der Waals surface area contributed by atoms with Gasteiger partial charge < -0.3 is 14.5 Å². The first kappa shape index (κ1) is 21.9. The van der Waals surface area contributed by atoms with Crippen molar-refractivity contribution in [2.45, 2.75) is 4.90 Å². The number of benzene rings is 2. The molecule has 7 nitrogen and oxygen atoms in total. The number of hydrogen-bond acceptors (Lipinski definition) is 5. The SMILES string of the molecule is COc1ccc(/C=C/C(=O)N2CCN(c3ccccc3)CC2)cc1S(=O)(=O)N(C)C. The normalized spacial score (nSPS) is 15.1. The Balaban J connectivity index is 1.68. The maximum atomic E-state index is 12.6. The molecule has 0 spiro atoms. The van der Waals surface area contributed by atoms with Gasteiger partial charge in [-0.05, 0) is 35.9 Å². The van der Waals surface area contributed by atoms with Crippen LogP contribution in [0.3, 0.4) is 0 Å². The molecule has 160 valence electrons. The first-order valence-electron chi connectivity index (χ1n) is 9.70. The van der Waals surface area contributed by atoms with Gasteiger partial charge in [0.25, 0.3) is 0 Å². The molecule has 1 saturated heterocycles. The fourth-order valence-corrected chi connectivity index (χ4v) is 4.38. The van der Waals surface area contributed by atoms with Crippen LogP contribution < -0.4 is 9.64 Å². The summed E-state index contributed by atoms with van der Waals surface area (Å²) >= 11 is 0. The molecule has 0 bridgehead atoms. The van der Waals surface area contributed by atoms with Crippen molar-refractivity contribution in [3.63, 3.8) is 0 Å². The second kappa shape index (κ2) is 9.32. The third-order valence-corrected chi connectivity index (χ3v) is 6.91. The predicted octanol–water partition coefficient (Wildman–Crippen LogP) is 2.31. The molecular formula is C22H27N3O4S. The van der Waals surface area contributed by atoms with Crippen molar-refractivity contribution in [2.75, 3.05) is 52.3 Å². The largest absolute Gasteiger partial charge is 0.495 e. The molecule has 0 unspecified atom stereocenters. The number of nitrogens with zero attached hydrogens (tertiary/aromatic N) is 3. The van der Waals surface area contributed by atoms with Crippen molar-refractivity contribution in [3.05, 3.63) is 60.2 Å². The van der Waals surface area contributed by atoms with Crippen LogP contribution >= 0.6 is 0 Å². The highest BCUT2D eigenvalue weighted by Crippen LogP contribution is 2.27. The number of anilines is 1. The molecule has 0 aromatic heterocycles. The van der Waals surface area contributed by atoms with Crippen LogP contribution in [0.1, 0.15) is 5.56 Å². The number of para-hydroxylation sites is 1. The lowest BCUT2D eigenvalue weighted by molar-refractivity contribution is -0.126. The summed E-state index contributed by atoms with van der Waals surface area (Å²) in [5, 5.41) is 0. The molecule has 1 fully saturated rings. The Bertz CT molecular complexity index is 1010. The monoisotopic (exact) mass is 429 g/mol. The molecule has 0 aliphatic carbocycles. The van der Waals surface area contributed by atoms with E-state index in [9.17, 15) is 13.2 Å². The second-order valence-corrected chi connectivity index (χ2v) is 9.30. The minimum atomic E-state index is -3.66. The number of methoxy groups -OCH3 is 1. The van der Waals surface area contributed by atoms with Crippen LogP contribution in [0.4, 0.5) is 5.69 Å². The van der Waals surface area contributed by atoms with Crippen LogP contribution in [0.15, 0.2) is 59.5 Å². The van der Waals surface area contributed by atoms with E-state index < -0.39 is 10.0 Å². The lowest BCUT2D eigenvalue weighted by Crippen LogP contribution is -2.48. The van der Waals surface area contributed by atoms with E-state index in [1.165, 1.54) is 33.3 Å². The van der Waals surface area contributed by atoms with Crippen molar-refractivity contribution in [1.29, 1.82) is 0 Å². The van der Waals surface area contributed by atoms with Gasteiger partial charge in [-0.1, -0.05) is 24.3 Å². The number of carbonyl (C=O) groups excluding carboxylic acids is 1. The zero-order valence-corrected chi connectivity index (χ0v) is 18.3. The summed E-state index contributed by atoms with van der Waals surface area (Å²) in [5.41, 5.74) is 1.78. The van der Waals surface area contributed by atoms with E-state index in [1.807, 2.05) is 18.2 Å². The minimum absolute atomic E-state index is 0.0704. The summed E-state index contributed by atoms with van der Waals surface area (Å²) in [5.74, 6) is 0.180. The molecule has 30 heavy (non-hydrogen) atoms. The van der Waals surface area contributed by atoms with E-state index in [1.54, 1.807) is 23.1 Å².